The van der Waals surface area contributed by atoms with Gasteiger partial charge in [0.15, 0.2) is 0 Å². The van der Waals surface area contributed by atoms with Crippen LogP contribution in [0, 0.1) is 13.8 Å². The number of nitrogens with one attached hydrogen (secondary N) is 1. The molecule has 15 heavy (non-hydrogen) atoms. The molecule has 0 bridgehead atoms. The summed E-state index contributed by atoms with van der Waals surface area (Å²) < 4.78 is 0. The van der Waals surface area contributed by atoms with Crippen LogP contribution in [0.15, 0.2) is 12.1 Å². The number of H-pyrrole nitrogens is 1. The highest BCUT2D eigenvalue weighted by atomic mass is 14.7. The summed E-state index contributed by atoms with van der Waals surface area (Å²) in [5, 5.41) is 1.47. The van der Waals surface area contributed by atoms with E-state index < -0.39 is 0 Å². The second-order valence-electron chi connectivity index (χ2n) is 4.79. The van der Waals surface area contributed by atoms with Crippen LogP contribution < -0.4 is 0 Å². The largest absolute Gasteiger partial charge is 0.358 e. The molecule has 78 valence electrons. The number of aryl methyl sites for hydroxylation is 4. The van der Waals surface area contributed by atoms with Gasteiger partial charge in [-0.3, -0.25) is 0 Å². The molecule has 0 saturated carbocycles. The Morgan fingerprint density at radius 2 is 1.87 bits per heavy atom. The number of benzene rings is 1. The zero-order valence-electron chi connectivity index (χ0n) is 9.48. The van der Waals surface area contributed by atoms with Crippen molar-refractivity contribution in [1.29, 1.82) is 0 Å². The van der Waals surface area contributed by atoms with Crippen LogP contribution in [-0.4, -0.2) is 4.98 Å². The van der Waals surface area contributed by atoms with Gasteiger partial charge in [-0.2, -0.15) is 0 Å². The van der Waals surface area contributed by atoms with Gasteiger partial charge in [0.2, 0.25) is 0 Å². The number of fused-ring (bicyclic) bond motifs is 3. The third-order valence-electron chi connectivity index (χ3n) is 3.55. The maximum absolute atomic E-state index is 3.61. The molecule has 0 radical (unpaired) electrons. The second kappa shape index (κ2) is 3.13. The first-order valence-corrected chi connectivity index (χ1v) is 5.86. The first kappa shape index (κ1) is 9.02. The molecule has 1 aromatic carbocycles. The fraction of sp³-hybridized carbons (Fsp3) is 0.429. The Morgan fingerprint density at radius 3 is 2.73 bits per heavy atom. The van der Waals surface area contributed by atoms with Crippen LogP contribution >= 0.6 is 0 Å². The number of aromatic nitrogens is 1. The van der Waals surface area contributed by atoms with Gasteiger partial charge in [0, 0.05) is 16.6 Å². The predicted octanol–water partition coefficient (Wildman–Crippen LogP) is 3.66. The van der Waals surface area contributed by atoms with Crippen molar-refractivity contribution in [2.45, 2.75) is 39.5 Å². The Morgan fingerprint density at radius 1 is 1.07 bits per heavy atom. The van der Waals surface area contributed by atoms with Gasteiger partial charge in [-0.05, 0) is 56.7 Å². The van der Waals surface area contributed by atoms with Gasteiger partial charge in [-0.15, -0.1) is 0 Å². The average molecular weight is 199 g/mol. The van der Waals surface area contributed by atoms with E-state index in [4.69, 9.17) is 0 Å². The van der Waals surface area contributed by atoms with Crippen molar-refractivity contribution in [2.75, 3.05) is 0 Å². The van der Waals surface area contributed by atoms with Crippen molar-refractivity contribution in [2.24, 2.45) is 0 Å². The van der Waals surface area contributed by atoms with Crippen molar-refractivity contribution in [3.05, 3.63) is 34.5 Å². The number of aromatic amines is 1. The van der Waals surface area contributed by atoms with Crippen molar-refractivity contribution in [3.63, 3.8) is 0 Å². The minimum Gasteiger partial charge on any atom is -0.358 e. The Labute approximate surface area is 90.5 Å². The van der Waals surface area contributed by atoms with Crippen molar-refractivity contribution in [3.8, 4) is 0 Å². The summed E-state index contributed by atoms with van der Waals surface area (Å²) in [5.41, 5.74) is 7.22. The predicted molar refractivity (Wildman–Crippen MR) is 64.4 cm³/mol. The maximum Gasteiger partial charge on any atom is 0.0488 e. The molecule has 0 aliphatic heterocycles. The van der Waals surface area contributed by atoms with Crippen LogP contribution in [0.3, 0.4) is 0 Å². The molecule has 1 heteroatoms. The lowest BCUT2D eigenvalue weighted by molar-refractivity contribution is 0.680. The normalized spacial score (nSPS) is 15.6. The minimum atomic E-state index is 1.24. The molecule has 1 aliphatic carbocycles. The lowest BCUT2D eigenvalue weighted by atomic mass is 9.95. The number of rotatable bonds is 0. The second-order valence-corrected chi connectivity index (χ2v) is 4.79. The number of hydrogen-bond acceptors (Lipinski definition) is 0. The Balaban J connectivity index is 2.37. The molecule has 0 saturated heterocycles. The molecule has 0 fully saturated rings. The Bertz CT molecular complexity index is 520. The fourth-order valence-electron chi connectivity index (χ4n) is 2.86. The van der Waals surface area contributed by atoms with E-state index in [0.717, 1.165) is 0 Å². The van der Waals surface area contributed by atoms with Crippen LogP contribution in [0.2, 0.25) is 0 Å². The molecular formula is C14H17N. The van der Waals surface area contributed by atoms with E-state index in [-0.39, 0.29) is 0 Å². The maximum atomic E-state index is 3.61. The standard InChI is InChI=1S/C14H17N/c1-9-7-10(2)14-12(8-9)11-5-3-4-6-13(11)15-14/h7-8,15H,3-6H2,1-2H3. The van der Waals surface area contributed by atoms with Gasteiger partial charge >= 0.3 is 0 Å². The first-order chi connectivity index (χ1) is 7.25. The highest BCUT2D eigenvalue weighted by molar-refractivity contribution is 5.88. The summed E-state index contributed by atoms with van der Waals surface area (Å²) >= 11 is 0. The van der Waals surface area contributed by atoms with Crippen LogP contribution in [-0.2, 0) is 12.8 Å². The quantitative estimate of drug-likeness (QED) is 0.666. The average Bonchev–Trinajstić information content (AvgIpc) is 2.57. The van der Waals surface area contributed by atoms with Crippen LogP contribution in [0.1, 0.15) is 35.2 Å². The Kier molecular flexibility index (Phi) is 1.88. The summed E-state index contributed by atoms with van der Waals surface area (Å²) in [6.45, 7) is 4.39. The third-order valence-corrected chi connectivity index (χ3v) is 3.55. The monoisotopic (exact) mass is 199 g/mol. The molecule has 0 amide bonds. The lowest BCUT2D eigenvalue weighted by Crippen LogP contribution is -1.99. The molecule has 1 N–H and O–H groups in total. The van der Waals surface area contributed by atoms with Crippen molar-refractivity contribution >= 4 is 10.9 Å². The molecule has 0 spiro atoms. The zero-order chi connectivity index (χ0) is 10.4. The van der Waals surface area contributed by atoms with E-state index in [1.165, 1.54) is 53.4 Å². The van der Waals surface area contributed by atoms with E-state index in [1.54, 1.807) is 5.56 Å². The minimum absolute atomic E-state index is 1.24. The van der Waals surface area contributed by atoms with Crippen LogP contribution in [0.5, 0.6) is 0 Å². The van der Waals surface area contributed by atoms with Crippen molar-refractivity contribution < 1.29 is 0 Å². The van der Waals surface area contributed by atoms with Crippen molar-refractivity contribution in [1.82, 2.24) is 4.98 Å². The fourth-order valence-corrected chi connectivity index (χ4v) is 2.86. The van der Waals surface area contributed by atoms with Gasteiger partial charge in [0.05, 0.1) is 0 Å². The molecule has 1 aliphatic rings. The first-order valence-electron chi connectivity index (χ1n) is 5.86. The molecule has 3 rings (SSSR count). The van der Waals surface area contributed by atoms with E-state index in [9.17, 15) is 0 Å². The summed E-state index contributed by atoms with van der Waals surface area (Å²) in [4.78, 5) is 3.61. The summed E-state index contributed by atoms with van der Waals surface area (Å²) in [7, 11) is 0. The van der Waals surface area contributed by atoms with Crippen LogP contribution in [0.4, 0.5) is 0 Å². The van der Waals surface area contributed by atoms with Gasteiger partial charge in [0.25, 0.3) is 0 Å². The SMILES string of the molecule is Cc1cc(C)c2[nH]c3c(c2c1)CCCC3. The molecule has 2 aromatic rings. The Hall–Kier alpha value is -1.24. The highest BCUT2D eigenvalue weighted by Gasteiger charge is 2.16. The zero-order valence-corrected chi connectivity index (χ0v) is 9.48. The summed E-state index contributed by atoms with van der Waals surface area (Å²) in [6.07, 6.45) is 5.20. The smallest absolute Gasteiger partial charge is 0.0488 e. The van der Waals surface area contributed by atoms with Crippen LogP contribution in [0.25, 0.3) is 10.9 Å². The van der Waals surface area contributed by atoms with E-state index in [0.29, 0.717) is 0 Å². The number of hydrogen-bond donors (Lipinski definition) is 1. The van der Waals surface area contributed by atoms with Gasteiger partial charge in [0.1, 0.15) is 0 Å². The van der Waals surface area contributed by atoms with Gasteiger partial charge in [-0.1, -0.05) is 11.6 Å². The molecule has 0 unspecified atom stereocenters. The van der Waals surface area contributed by atoms with Gasteiger partial charge < -0.3 is 4.98 Å². The lowest BCUT2D eigenvalue weighted by Gasteiger charge is -2.10. The van der Waals surface area contributed by atoms with E-state index in [1.807, 2.05) is 0 Å². The van der Waals surface area contributed by atoms with Gasteiger partial charge in [-0.25, -0.2) is 0 Å². The van der Waals surface area contributed by atoms with E-state index in [2.05, 4.69) is 31.0 Å². The topological polar surface area (TPSA) is 15.8 Å². The molecular weight excluding hydrogens is 182 g/mol. The molecule has 0 atom stereocenters. The summed E-state index contributed by atoms with van der Waals surface area (Å²) in [5.74, 6) is 0. The summed E-state index contributed by atoms with van der Waals surface area (Å²) in [6, 6.07) is 4.60. The molecule has 1 aromatic heterocycles. The molecule has 1 heterocycles. The highest BCUT2D eigenvalue weighted by Crippen LogP contribution is 2.31. The third kappa shape index (κ3) is 1.30. The van der Waals surface area contributed by atoms with E-state index >= 15 is 0 Å². The molecule has 1 nitrogen and oxygen atoms in total.